The van der Waals surface area contributed by atoms with E-state index in [2.05, 4.69) is 10.6 Å². The number of piperidine rings is 1. The molecule has 0 aromatic rings. The average molecular weight is 552 g/mol. The standard InChI is InChI=1S/C22H43N2O8.Y/c1-2-22(25)24-7-8-26-9-10-27-11-12-28-13-14-29-15-16-30-17-18-31-19-20-32-21-3-5-23-6-4-21;/h21H,2-20H2,1H3,(H,24,25);/q-1;. The topological polar surface area (TPSA) is 108 Å². The second-order valence-corrected chi connectivity index (χ2v) is 7.12. The monoisotopic (exact) mass is 552 g/mol. The van der Waals surface area contributed by atoms with Crippen molar-refractivity contribution in [2.45, 2.75) is 32.3 Å². The van der Waals surface area contributed by atoms with Gasteiger partial charge in [-0.25, -0.2) is 0 Å². The Labute approximate surface area is 224 Å². The van der Waals surface area contributed by atoms with Crippen molar-refractivity contribution in [2.75, 3.05) is 106 Å². The van der Waals surface area contributed by atoms with Gasteiger partial charge >= 0.3 is 0 Å². The van der Waals surface area contributed by atoms with Crippen LogP contribution in [0.3, 0.4) is 0 Å². The summed E-state index contributed by atoms with van der Waals surface area (Å²) in [5.74, 6) is 0.0345. The number of nitrogens with one attached hydrogen (secondary N) is 1. The quantitative estimate of drug-likeness (QED) is 0.188. The first-order chi connectivity index (χ1) is 15.8. The molecule has 33 heavy (non-hydrogen) atoms. The molecule has 1 heterocycles. The van der Waals surface area contributed by atoms with Gasteiger partial charge < -0.3 is 43.8 Å². The summed E-state index contributed by atoms with van der Waals surface area (Å²) < 4.78 is 38.3. The van der Waals surface area contributed by atoms with Crippen LogP contribution < -0.4 is 5.32 Å². The first kappa shape index (κ1) is 33.3. The van der Waals surface area contributed by atoms with Gasteiger partial charge in [0.15, 0.2) is 0 Å². The number of amides is 1. The molecular weight excluding hydrogens is 509 g/mol. The summed E-state index contributed by atoms with van der Waals surface area (Å²) in [4.78, 5) is 11.0. The number of carbonyl (C=O) groups is 1. The first-order valence-electron chi connectivity index (χ1n) is 11.8. The molecule has 1 radical (unpaired) electrons. The SMILES string of the molecule is CCC(=O)NCCOCCOCCOCCOCCOCCOCCOC1CC[N-]CC1.[Y]. The van der Waals surface area contributed by atoms with Gasteiger partial charge in [0.05, 0.1) is 92.0 Å². The van der Waals surface area contributed by atoms with Gasteiger partial charge in [0, 0.05) is 45.7 Å². The van der Waals surface area contributed by atoms with Gasteiger partial charge in [-0.1, -0.05) is 6.92 Å². The van der Waals surface area contributed by atoms with E-state index in [1.54, 1.807) is 0 Å². The number of hydrogen-bond acceptors (Lipinski definition) is 8. The van der Waals surface area contributed by atoms with Crippen molar-refractivity contribution in [3.63, 3.8) is 0 Å². The maximum absolute atomic E-state index is 11.0. The summed E-state index contributed by atoms with van der Waals surface area (Å²) in [6.45, 7) is 11.2. The van der Waals surface area contributed by atoms with E-state index in [1.807, 2.05) is 6.92 Å². The van der Waals surface area contributed by atoms with E-state index in [0.717, 1.165) is 25.9 Å². The van der Waals surface area contributed by atoms with Crippen LogP contribution in [-0.4, -0.2) is 118 Å². The van der Waals surface area contributed by atoms with Crippen molar-refractivity contribution in [1.82, 2.24) is 5.32 Å². The molecule has 0 aromatic carbocycles. The summed E-state index contributed by atoms with van der Waals surface area (Å²) in [5.41, 5.74) is 0. The third-order valence-electron chi connectivity index (χ3n) is 4.55. The van der Waals surface area contributed by atoms with Crippen molar-refractivity contribution in [2.24, 2.45) is 0 Å². The molecule has 11 heteroatoms. The Morgan fingerprint density at radius 1 is 0.697 bits per heavy atom. The predicted octanol–water partition coefficient (Wildman–Crippen LogP) is 1.16. The van der Waals surface area contributed by atoms with Crippen LogP contribution in [0.4, 0.5) is 0 Å². The van der Waals surface area contributed by atoms with Crippen molar-refractivity contribution in [3.8, 4) is 0 Å². The molecule has 193 valence electrons. The normalized spacial score (nSPS) is 14.2. The first-order valence-corrected chi connectivity index (χ1v) is 11.8. The predicted molar refractivity (Wildman–Crippen MR) is 120 cm³/mol. The van der Waals surface area contributed by atoms with E-state index in [4.69, 9.17) is 33.2 Å². The van der Waals surface area contributed by atoms with Crippen molar-refractivity contribution in [1.29, 1.82) is 0 Å². The fraction of sp³-hybridized carbons (Fsp3) is 0.955. The molecule has 1 rings (SSSR count). The summed E-state index contributed by atoms with van der Waals surface area (Å²) >= 11 is 0. The molecule has 1 N–H and O–H groups in total. The minimum atomic E-state index is 0. The molecule has 0 atom stereocenters. The van der Waals surface area contributed by atoms with Gasteiger partial charge in [-0.3, -0.25) is 4.79 Å². The Kier molecular flexibility index (Phi) is 27.1. The van der Waals surface area contributed by atoms with Crippen LogP contribution in [0.15, 0.2) is 0 Å². The molecule has 0 saturated carbocycles. The Balaban J connectivity index is 0.0000102. The van der Waals surface area contributed by atoms with Crippen molar-refractivity contribution in [3.05, 3.63) is 5.32 Å². The molecule has 0 aliphatic carbocycles. The Morgan fingerprint density at radius 3 is 1.52 bits per heavy atom. The molecule has 1 amide bonds. The Hall–Kier alpha value is 0.254. The molecule has 0 aromatic heterocycles. The van der Waals surface area contributed by atoms with Crippen LogP contribution in [-0.2, 0) is 70.7 Å². The zero-order chi connectivity index (χ0) is 23.0. The van der Waals surface area contributed by atoms with Crippen LogP contribution >= 0.6 is 0 Å². The van der Waals surface area contributed by atoms with E-state index in [-0.39, 0.29) is 38.6 Å². The number of carbonyl (C=O) groups excluding carboxylic acids is 1. The van der Waals surface area contributed by atoms with Gasteiger partial charge in [-0.15, -0.1) is 13.1 Å². The maximum atomic E-state index is 11.0. The van der Waals surface area contributed by atoms with Gasteiger partial charge in [-0.2, -0.15) is 0 Å². The minimum absolute atomic E-state index is 0. The van der Waals surface area contributed by atoms with E-state index in [0.29, 0.717) is 105 Å². The third-order valence-corrected chi connectivity index (χ3v) is 4.55. The molecule has 1 aliphatic heterocycles. The summed E-state index contributed by atoms with van der Waals surface area (Å²) in [6, 6.07) is 0. The second kappa shape index (κ2) is 26.9. The number of nitrogens with zero attached hydrogens (tertiary/aromatic N) is 1. The van der Waals surface area contributed by atoms with E-state index in [9.17, 15) is 4.79 Å². The fourth-order valence-electron chi connectivity index (χ4n) is 2.76. The Morgan fingerprint density at radius 2 is 1.09 bits per heavy atom. The molecule has 10 nitrogen and oxygen atoms in total. The van der Waals surface area contributed by atoms with E-state index in [1.165, 1.54) is 0 Å². The van der Waals surface area contributed by atoms with Gasteiger partial charge in [0.2, 0.25) is 5.91 Å². The number of rotatable bonds is 23. The molecule has 1 fully saturated rings. The van der Waals surface area contributed by atoms with Crippen LogP contribution in [0, 0.1) is 0 Å². The molecule has 1 aliphatic rings. The van der Waals surface area contributed by atoms with E-state index >= 15 is 0 Å². The number of hydrogen-bond donors (Lipinski definition) is 1. The van der Waals surface area contributed by atoms with Gasteiger partial charge in [-0.05, 0) is 12.8 Å². The molecule has 0 spiro atoms. The molecule has 0 unspecified atom stereocenters. The van der Waals surface area contributed by atoms with Crippen LogP contribution in [0.25, 0.3) is 5.32 Å². The molecular formula is C22H43N2O8Y-. The minimum Gasteiger partial charge on any atom is -0.662 e. The van der Waals surface area contributed by atoms with Crippen molar-refractivity contribution >= 4 is 5.91 Å². The van der Waals surface area contributed by atoms with Crippen LogP contribution in [0.1, 0.15) is 26.2 Å². The average Bonchev–Trinajstić information content (AvgIpc) is 2.82. The third kappa shape index (κ3) is 23.8. The summed E-state index contributed by atoms with van der Waals surface area (Å²) in [6.07, 6.45) is 2.89. The Bertz CT molecular complexity index is 418. The zero-order valence-corrected chi connectivity index (χ0v) is 23.1. The van der Waals surface area contributed by atoms with Crippen molar-refractivity contribution < 1.29 is 70.7 Å². The second-order valence-electron chi connectivity index (χ2n) is 7.12. The molecule has 1 saturated heterocycles. The largest absolute Gasteiger partial charge is 0.662 e. The van der Waals surface area contributed by atoms with Crippen LogP contribution in [0.2, 0.25) is 0 Å². The van der Waals surface area contributed by atoms with Crippen LogP contribution in [0.5, 0.6) is 0 Å². The summed E-state index contributed by atoms with van der Waals surface area (Å²) in [7, 11) is 0. The van der Waals surface area contributed by atoms with Gasteiger partial charge in [0.25, 0.3) is 0 Å². The fourth-order valence-corrected chi connectivity index (χ4v) is 2.76. The smallest absolute Gasteiger partial charge is 0.219 e. The van der Waals surface area contributed by atoms with Gasteiger partial charge in [0.1, 0.15) is 0 Å². The number of ether oxygens (including phenoxy) is 7. The van der Waals surface area contributed by atoms with E-state index < -0.39 is 0 Å². The maximum Gasteiger partial charge on any atom is 0.219 e. The summed E-state index contributed by atoms with van der Waals surface area (Å²) in [5, 5.41) is 7.05. The zero-order valence-electron chi connectivity index (χ0n) is 20.3. The molecule has 0 bridgehead atoms.